The van der Waals surface area contributed by atoms with Crippen LogP contribution in [0.15, 0.2) is 42.5 Å². The molecule has 1 aliphatic carbocycles. The summed E-state index contributed by atoms with van der Waals surface area (Å²) in [4.78, 5) is 42.8. The summed E-state index contributed by atoms with van der Waals surface area (Å²) in [5.41, 5.74) is 0.645. The van der Waals surface area contributed by atoms with Crippen LogP contribution in [-0.4, -0.2) is 85.9 Å². The van der Waals surface area contributed by atoms with E-state index in [0.29, 0.717) is 18.7 Å². The third-order valence-corrected chi connectivity index (χ3v) is 10.5. The molecule has 0 unspecified atom stereocenters. The normalized spacial score (nSPS) is 25.0. The average Bonchev–Trinajstić information content (AvgIpc) is 3.56. The Bertz CT molecular complexity index is 1400. The van der Waals surface area contributed by atoms with Gasteiger partial charge in [-0.25, -0.2) is 8.42 Å². The van der Waals surface area contributed by atoms with Crippen molar-refractivity contribution in [3.8, 4) is 0 Å². The van der Waals surface area contributed by atoms with Crippen LogP contribution < -0.4 is 16.0 Å². The van der Waals surface area contributed by atoms with Crippen LogP contribution in [0.1, 0.15) is 45.4 Å². The number of likely N-dealkylation sites (tertiary alicyclic amines) is 1. The van der Waals surface area contributed by atoms with Gasteiger partial charge >= 0.3 is 0 Å². The third-order valence-electron chi connectivity index (χ3n) is 9.18. The van der Waals surface area contributed by atoms with Gasteiger partial charge in [-0.15, -0.1) is 0 Å². The highest BCUT2D eigenvalue weighted by Gasteiger charge is 2.56. The number of carbonyl (C=O) groups is 3. The zero-order valence-corrected chi connectivity index (χ0v) is 24.8. The lowest BCUT2D eigenvalue weighted by Crippen LogP contribution is -2.58. The van der Waals surface area contributed by atoms with E-state index in [4.69, 9.17) is 0 Å². The SMILES string of the molecule is CN[C@@H](C)C(=O)N[C@H](C(=O)N1CC[C@@H]2[C@H]1[C@@H](C(=O)Nc1cccc3ccccc13)CN2S(C)(=O)=O)C1CCCCC1. The number of hydrogen-bond acceptors (Lipinski definition) is 6. The van der Waals surface area contributed by atoms with E-state index in [2.05, 4.69) is 16.0 Å². The standard InChI is InChI=1S/C30H41N5O5S/c1-19(31-2)28(36)33-26(21-11-5-4-6-12-21)30(38)34-17-16-25-27(34)23(18-35(25)41(3,39)40)29(37)32-24-15-9-13-20-10-7-8-14-22(20)24/h7-10,13-15,19,21,23,25-27,31H,4-6,11-12,16-18H2,1-3H3,(H,32,37)(H,33,36)/t19-,23-,25+,26-,27+/m0/s1. The van der Waals surface area contributed by atoms with Gasteiger partial charge in [0.05, 0.1) is 24.3 Å². The zero-order valence-electron chi connectivity index (χ0n) is 24.0. The Hall–Kier alpha value is -3.02. The maximum atomic E-state index is 14.3. The number of anilines is 1. The monoisotopic (exact) mass is 583 g/mol. The molecule has 0 aromatic heterocycles. The van der Waals surface area contributed by atoms with Gasteiger partial charge in [-0.2, -0.15) is 4.31 Å². The first-order chi connectivity index (χ1) is 19.6. The minimum Gasteiger partial charge on any atom is -0.343 e. The van der Waals surface area contributed by atoms with Crippen LogP contribution in [0.4, 0.5) is 5.69 Å². The van der Waals surface area contributed by atoms with Gasteiger partial charge in [0, 0.05) is 30.2 Å². The van der Waals surface area contributed by atoms with Crippen LogP contribution >= 0.6 is 0 Å². The highest BCUT2D eigenvalue weighted by atomic mass is 32.2. The van der Waals surface area contributed by atoms with Crippen molar-refractivity contribution in [3.63, 3.8) is 0 Å². The minimum absolute atomic E-state index is 0.00122. The molecule has 3 amide bonds. The fourth-order valence-corrected chi connectivity index (χ4v) is 8.06. The molecule has 0 radical (unpaired) electrons. The van der Waals surface area contributed by atoms with E-state index in [9.17, 15) is 22.8 Å². The molecule has 2 aromatic rings. The van der Waals surface area contributed by atoms with Crippen LogP contribution in [0.2, 0.25) is 0 Å². The second-order valence-electron chi connectivity index (χ2n) is 11.7. The molecule has 41 heavy (non-hydrogen) atoms. The molecule has 2 saturated heterocycles. The molecular weight excluding hydrogens is 542 g/mol. The van der Waals surface area contributed by atoms with E-state index in [1.54, 1.807) is 18.9 Å². The fraction of sp³-hybridized carbons (Fsp3) is 0.567. The van der Waals surface area contributed by atoms with Crippen molar-refractivity contribution in [3.05, 3.63) is 42.5 Å². The molecule has 5 rings (SSSR count). The van der Waals surface area contributed by atoms with Gasteiger partial charge in [0.1, 0.15) is 6.04 Å². The number of carbonyl (C=O) groups excluding carboxylic acids is 3. The van der Waals surface area contributed by atoms with Gasteiger partial charge in [0.2, 0.25) is 27.7 Å². The summed E-state index contributed by atoms with van der Waals surface area (Å²) >= 11 is 0. The summed E-state index contributed by atoms with van der Waals surface area (Å²) in [5, 5.41) is 10.9. The lowest BCUT2D eigenvalue weighted by atomic mass is 9.83. The second kappa shape index (κ2) is 12.1. The van der Waals surface area contributed by atoms with Crippen LogP contribution in [0, 0.1) is 11.8 Å². The first-order valence-electron chi connectivity index (χ1n) is 14.6. The van der Waals surface area contributed by atoms with Gasteiger partial charge in [-0.05, 0) is 50.6 Å². The Balaban J connectivity index is 1.45. The summed E-state index contributed by atoms with van der Waals surface area (Å²) in [6.45, 7) is 2.09. The summed E-state index contributed by atoms with van der Waals surface area (Å²) in [6.07, 6.45) is 6.38. The Morgan fingerprint density at radius 2 is 1.68 bits per heavy atom. The third kappa shape index (κ3) is 5.98. The lowest BCUT2D eigenvalue weighted by Gasteiger charge is -2.36. The number of hydrogen-bond donors (Lipinski definition) is 3. The predicted octanol–water partition coefficient (Wildman–Crippen LogP) is 2.31. The number of rotatable bonds is 8. The van der Waals surface area contributed by atoms with Crippen molar-refractivity contribution in [1.82, 2.24) is 19.8 Å². The van der Waals surface area contributed by atoms with Gasteiger partial charge < -0.3 is 20.9 Å². The Morgan fingerprint density at radius 3 is 2.39 bits per heavy atom. The number of amides is 3. The minimum atomic E-state index is -3.62. The molecule has 2 heterocycles. The van der Waals surface area contributed by atoms with E-state index in [1.807, 2.05) is 42.5 Å². The molecule has 2 aliphatic heterocycles. The molecule has 3 N–H and O–H groups in total. The number of likely N-dealkylation sites (N-methyl/N-ethyl adjacent to an activating group) is 1. The predicted molar refractivity (Wildman–Crippen MR) is 159 cm³/mol. The smallest absolute Gasteiger partial charge is 0.245 e. The second-order valence-corrected chi connectivity index (χ2v) is 13.7. The molecule has 10 nitrogen and oxygen atoms in total. The van der Waals surface area contributed by atoms with E-state index in [-0.39, 0.29) is 30.2 Å². The number of nitrogens with one attached hydrogen (secondary N) is 3. The van der Waals surface area contributed by atoms with Gasteiger partial charge in [0.25, 0.3) is 0 Å². The maximum absolute atomic E-state index is 14.3. The zero-order chi connectivity index (χ0) is 29.3. The van der Waals surface area contributed by atoms with Crippen molar-refractivity contribution in [1.29, 1.82) is 0 Å². The summed E-state index contributed by atoms with van der Waals surface area (Å²) in [5.74, 6) is -1.54. The number of fused-ring (bicyclic) bond motifs is 2. The average molecular weight is 584 g/mol. The van der Waals surface area contributed by atoms with Crippen molar-refractivity contribution < 1.29 is 22.8 Å². The molecule has 3 fully saturated rings. The molecule has 2 aromatic carbocycles. The Morgan fingerprint density at radius 1 is 0.976 bits per heavy atom. The Kier molecular flexibility index (Phi) is 8.68. The number of sulfonamides is 1. The summed E-state index contributed by atoms with van der Waals surface area (Å²) in [6, 6.07) is 11.1. The highest BCUT2D eigenvalue weighted by Crippen LogP contribution is 2.39. The van der Waals surface area contributed by atoms with Crippen molar-refractivity contribution >= 4 is 44.2 Å². The molecule has 222 valence electrons. The van der Waals surface area contributed by atoms with E-state index in [0.717, 1.165) is 49.1 Å². The van der Waals surface area contributed by atoms with Crippen molar-refractivity contribution in [2.75, 3.05) is 31.7 Å². The summed E-state index contributed by atoms with van der Waals surface area (Å²) < 4.78 is 27.0. The lowest BCUT2D eigenvalue weighted by molar-refractivity contribution is -0.140. The van der Waals surface area contributed by atoms with E-state index < -0.39 is 40.1 Å². The first kappa shape index (κ1) is 29.5. The molecule has 3 aliphatic rings. The van der Waals surface area contributed by atoms with Crippen LogP contribution in [0.3, 0.4) is 0 Å². The molecule has 0 bridgehead atoms. The van der Waals surface area contributed by atoms with Crippen molar-refractivity contribution in [2.45, 2.75) is 69.6 Å². The number of nitrogens with zero attached hydrogens (tertiary/aromatic N) is 2. The quantitative estimate of drug-likeness (QED) is 0.438. The van der Waals surface area contributed by atoms with E-state index >= 15 is 0 Å². The largest absolute Gasteiger partial charge is 0.343 e. The fourth-order valence-electron chi connectivity index (χ4n) is 6.91. The molecule has 1 saturated carbocycles. The molecule has 11 heteroatoms. The topological polar surface area (TPSA) is 128 Å². The molecule has 5 atom stereocenters. The van der Waals surface area contributed by atoms with Gasteiger partial charge in [-0.3, -0.25) is 14.4 Å². The Labute approximate surface area is 242 Å². The highest BCUT2D eigenvalue weighted by molar-refractivity contribution is 7.88. The molecular formula is C30H41N5O5S. The summed E-state index contributed by atoms with van der Waals surface area (Å²) in [7, 11) is -1.92. The first-order valence-corrected chi connectivity index (χ1v) is 16.5. The van der Waals surface area contributed by atoms with Crippen LogP contribution in [0.25, 0.3) is 10.8 Å². The molecule has 0 spiro atoms. The van der Waals surface area contributed by atoms with Gasteiger partial charge in [0.15, 0.2) is 0 Å². The van der Waals surface area contributed by atoms with Gasteiger partial charge in [-0.1, -0.05) is 55.7 Å². The number of benzene rings is 2. The maximum Gasteiger partial charge on any atom is 0.245 e. The van der Waals surface area contributed by atoms with E-state index in [1.165, 1.54) is 4.31 Å². The van der Waals surface area contributed by atoms with Crippen molar-refractivity contribution in [2.24, 2.45) is 11.8 Å². The van der Waals surface area contributed by atoms with Crippen LogP contribution in [-0.2, 0) is 24.4 Å². The van der Waals surface area contributed by atoms with Crippen LogP contribution in [0.5, 0.6) is 0 Å².